The summed E-state index contributed by atoms with van der Waals surface area (Å²) in [5.41, 5.74) is 1.16. The smallest absolute Gasteiger partial charge is 0.263 e. The van der Waals surface area contributed by atoms with Crippen LogP contribution in [0.15, 0.2) is 47.3 Å². The topological polar surface area (TPSA) is 80.2 Å². The quantitative estimate of drug-likeness (QED) is 0.548. The van der Waals surface area contributed by atoms with Crippen LogP contribution >= 0.6 is 0 Å². The number of fused-ring (bicyclic) bond motifs is 1. The lowest BCUT2D eigenvalue weighted by Crippen LogP contribution is -2.55. The first-order valence-electron chi connectivity index (χ1n) is 14.2. The van der Waals surface area contributed by atoms with Crippen LogP contribution < -0.4 is 16.2 Å². The Bertz CT molecular complexity index is 1040. The lowest BCUT2D eigenvalue weighted by Gasteiger charge is -2.28. The van der Waals surface area contributed by atoms with E-state index in [0.29, 0.717) is 19.0 Å². The first-order valence-corrected chi connectivity index (χ1v) is 14.2. The summed E-state index contributed by atoms with van der Waals surface area (Å²) in [6.07, 6.45) is 12.4. The van der Waals surface area contributed by atoms with Gasteiger partial charge in [0, 0.05) is 18.8 Å². The SMILES string of the molecule is CCNC(=O)C(C)(C)NC(=O)c1cc2c(n(CC3CCCCC3)c1=O)CCCCCC2.c1ccccc1. The first kappa shape index (κ1) is 28.7. The van der Waals surface area contributed by atoms with Crippen LogP contribution in [0.3, 0.4) is 0 Å². The molecule has 2 aliphatic rings. The lowest BCUT2D eigenvalue weighted by atomic mass is 9.88. The van der Waals surface area contributed by atoms with Crippen molar-refractivity contribution in [3.05, 3.63) is 69.6 Å². The third-order valence-electron chi connectivity index (χ3n) is 7.51. The number of hydrogen-bond donors (Lipinski definition) is 2. The fourth-order valence-electron chi connectivity index (χ4n) is 5.39. The molecule has 37 heavy (non-hydrogen) atoms. The molecule has 0 aliphatic heterocycles. The number of aryl methyl sites for hydroxylation is 1. The maximum absolute atomic E-state index is 13.5. The van der Waals surface area contributed by atoms with Crippen LogP contribution in [-0.4, -0.2) is 28.5 Å². The van der Waals surface area contributed by atoms with E-state index in [1.165, 1.54) is 32.1 Å². The van der Waals surface area contributed by atoms with Gasteiger partial charge in [0.2, 0.25) is 5.91 Å². The number of carbonyl (C=O) groups excluding carboxylic acids is 2. The molecule has 6 heteroatoms. The third-order valence-corrected chi connectivity index (χ3v) is 7.51. The molecule has 2 aromatic rings. The number of hydrogen-bond acceptors (Lipinski definition) is 3. The van der Waals surface area contributed by atoms with E-state index >= 15 is 0 Å². The van der Waals surface area contributed by atoms with Crippen molar-refractivity contribution in [2.24, 2.45) is 5.92 Å². The molecule has 2 amide bonds. The van der Waals surface area contributed by atoms with E-state index in [0.717, 1.165) is 49.8 Å². The predicted octanol–water partition coefficient (Wildman–Crippen LogP) is 5.42. The number of nitrogens with one attached hydrogen (secondary N) is 2. The minimum atomic E-state index is -1.09. The summed E-state index contributed by atoms with van der Waals surface area (Å²) in [4.78, 5) is 39.1. The molecule has 1 heterocycles. The van der Waals surface area contributed by atoms with Gasteiger partial charge in [-0.2, -0.15) is 0 Å². The molecule has 202 valence electrons. The van der Waals surface area contributed by atoms with Crippen molar-refractivity contribution in [1.82, 2.24) is 15.2 Å². The Kier molecular flexibility index (Phi) is 11.0. The van der Waals surface area contributed by atoms with Crippen molar-refractivity contribution in [2.45, 2.75) is 103 Å². The van der Waals surface area contributed by atoms with Crippen molar-refractivity contribution in [3.8, 4) is 0 Å². The van der Waals surface area contributed by atoms with Gasteiger partial charge < -0.3 is 15.2 Å². The zero-order valence-corrected chi connectivity index (χ0v) is 23.0. The van der Waals surface area contributed by atoms with E-state index in [2.05, 4.69) is 10.6 Å². The third kappa shape index (κ3) is 8.31. The molecule has 1 saturated carbocycles. The van der Waals surface area contributed by atoms with Gasteiger partial charge in [-0.1, -0.05) is 68.5 Å². The van der Waals surface area contributed by atoms with E-state index in [9.17, 15) is 14.4 Å². The summed E-state index contributed by atoms with van der Waals surface area (Å²) in [6, 6.07) is 13.8. The second-order valence-electron chi connectivity index (χ2n) is 11.0. The number of amides is 2. The van der Waals surface area contributed by atoms with E-state index in [-0.39, 0.29) is 17.0 Å². The highest BCUT2D eigenvalue weighted by atomic mass is 16.2. The monoisotopic (exact) mass is 507 g/mol. The first-order chi connectivity index (χ1) is 17.8. The summed E-state index contributed by atoms with van der Waals surface area (Å²) in [6.45, 7) is 6.38. The van der Waals surface area contributed by atoms with Crippen molar-refractivity contribution in [1.29, 1.82) is 0 Å². The molecule has 0 atom stereocenters. The predicted molar refractivity (Wildman–Crippen MR) is 150 cm³/mol. The van der Waals surface area contributed by atoms with Crippen LogP contribution in [0.5, 0.6) is 0 Å². The summed E-state index contributed by atoms with van der Waals surface area (Å²) in [7, 11) is 0. The lowest BCUT2D eigenvalue weighted by molar-refractivity contribution is -0.126. The van der Waals surface area contributed by atoms with Gasteiger partial charge in [0.1, 0.15) is 11.1 Å². The molecule has 6 nitrogen and oxygen atoms in total. The summed E-state index contributed by atoms with van der Waals surface area (Å²) < 4.78 is 1.92. The van der Waals surface area contributed by atoms with Crippen LogP contribution in [0.25, 0.3) is 0 Å². The maximum Gasteiger partial charge on any atom is 0.263 e. The largest absolute Gasteiger partial charge is 0.354 e. The van der Waals surface area contributed by atoms with E-state index in [4.69, 9.17) is 0 Å². The summed E-state index contributed by atoms with van der Waals surface area (Å²) in [5.74, 6) is -0.202. The Morgan fingerprint density at radius 2 is 1.46 bits per heavy atom. The van der Waals surface area contributed by atoms with E-state index in [1.807, 2.05) is 54.0 Å². The Morgan fingerprint density at radius 3 is 2.05 bits per heavy atom. The summed E-state index contributed by atoms with van der Waals surface area (Å²) >= 11 is 0. The number of pyridine rings is 1. The molecule has 1 aromatic heterocycles. The minimum absolute atomic E-state index is 0.174. The highest BCUT2D eigenvalue weighted by molar-refractivity contribution is 5.98. The molecule has 0 saturated heterocycles. The van der Waals surface area contributed by atoms with Crippen molar-refractivity contribution < 1.29 is 9.59 Å². The van der Waals surface area contributed by atoms with E-state index in [1.54, 1.807) is 13.8 Å². The van der Waals surface area contributed by atoms with Crippen LogP contribution in [0.1, 0.15) is 100 Å². The maximum atomic E-state index is 13.5. The molecule has 2 N–H and O–H groups in total. The standard InChI is InChI=1S/C25H39N3O3.C6H6/c1-4-26-24(31)25(2,3)27-22(29)20-16-19-14-10-5-6-11-15-21(19)28(23(20)30)17-18-12-8-7-9-13-18;1-2-4-6-5-3-1/h16,18H,4-15,17H2,1-3H3,(H,26,31)(H,27,29);1-6H. The molecular formula is C31H45N3O3. The molecule has 1 fully saturated rings. The molecule has 0 radical (unpaired) electrons. The Morgan fingerprint density at radius 1 is 0.892 bits per heavy atom. The van der Waals surface area contributed by atoms with Gasteiger partial charge in [0.25, 0.3) is 11.5 Å². The van der Waals surface area contributed by atoms with E-state index < -0.39 is 11.4 Å². The fourth-order valence-corrected chi connectivity index (χ4v) is 5.39. The average molecular weight is 508 g/mol. The van der Waals surface area contributed by atoms with Gasteiger partial charge in [0.05, 0.1) is 0 Å². The number of carbonyl (C=O) groups is 2. The molecule has 0 unspecified atom stereocenters. The number of rotatable bonds is 6. The number of benzene rings is 1. The Balaban J connectivity index is 0.000000555. The summed E-state index contributed by atoms with van der Waals surface area (Å²) in [5, 5.41) is 5.55. The van der Waals surface area contributed by atoms with Crippen molar-refractivity contribution in [2.75, 3.05) is 6.54 Å². The zero-order valence-electron chi connectivity index (χ0n) is 23.0. The zero-order chi connectivity index (χ0) is 26.7. The highest BCUT2D eigenvalue weighted by Crippen LogP contribution is 2.27. The minimum Gasteiger partial charge on any atom is -0.354 e. The average Bonchev–Trinajstić information content (AvgIpc) is 2.88. The van der Waals surface area contributed by atoms with Crippen LogP contribution in [0.4, 0.5) is 0 Å². The van der Waals surface area contributed by atoms with Crippen LogP contribution in [0, 0.1) is 5.92 Å². The normalized spacial score (nSPS) is 16.3. The molecule has 0 bridgehead atoms. The van der Waals surface area contributed by atoms with Crippen molar-refractivity contribution in [3.63, 3.8) is 0 Å². The molecule has 2 aliphatic carbocycles. The Hall–Kier alpha value is -2.89. The number of likely N-dealkylation sites (N-methyl/N-ethyl adjacent to an activating group) is 1. The van der Waals surface area contributed by atoms with Crippen LogP contribution in [0.2, 0.25) is 0 Å². The van der Waals surface area contributed by atoms with Gasteiger partial charge in [0.15, 0.2) is 0 Å². The van der Waals surface area contributed by atoms with Gasteiger partial charge in [-0.3, -0.25) is 14.4 Å². The fraction of sp³-hybridized carbons (Fsp3) is 0.581. The second-order valence-corrected chi connectivity index (χ2v) is 11.0. The van der Waals surface area contributed by atoms with Gasteiger partial charge >= 0.3 is 0 Å². The highest BCUT2D eigenvalue weighted by Gasteiger charge is 2.31. The molecule has 0 spiro atoms. The van der Waals surface area contributed by atoms with Gasteiger partial charge in [-0.05, 0) is 76.8 Å². The van der Waals surface area contributed by atoms with Gasteiger partial charge in [-0.25, -0.2) is 0 Å². The second kappa shape index (κ2) is 14.2. The molecule has 1 aromatic carbocycles. The van der Waals surface area contributed by atoms with Crippen LogP contribution in [-0.2, 0) is 24.2 Å². The van der Waals surface area contributed by atoms with Gasteiger partial charge in [-0.15, -0.1) is 0 Å². The Labute approximate surface area is 222 Å². The number of nitrogens with zero attached hydrogens (tertiary/aromatic N) is 1. The van der Waals surface area contributed by atoms with Crippen molar-refractivity contribution >= 4 is 11.8 Å². The number of aromatic nitrogens is 1. The molecular weight excluding hydrogens is 462 g/mol. The molecule has 4 rings (SSSR count).